The van der Waals surface area contributed by atoms with Crippen LogP contribution in [0.25, 0.3) is 10.9 Å². The number of nitrogens with zero attached hydrogens (tertiary/aromatic N) is 2. The van der Waals surface area contributed by atoms with Gasteiger partial charge in [0.15, 0.2) is 6.29 Å². The van der Waals surface area contributed by atoms with E-state index in [4.69, 9.17) is 0 Å². The Hall–Kier alpha value is -3.66. The number of hydrogen-bond acceptors (Lipinski definition) is 5. The second-order valence-corrected chi connectivity index (χ2v) is 9.69. The number of nitrogens with one attached hydrogen (secondary N) is 5. The molecule has 0 aliphatic carbocycles. The Morgan fingerprint density at radius 1 is 1.21 bits per heavy atom. The van der Waals surface area contributed by atoms with Gasteiger partial charge < -0.3 is 20.9 Å². The van der Waals surface area contributed by atoms with E-state index in [1.807, 2.05) is 30.5 Å². The minimum atomic E-state index is -0.797. The molecule has 1 aliphatic rings. The third kappa shape index (κ3) is 5.12. The number of aromatic amines is 1. The first-order valence-electron chi connectivity index (χ1n) is 11.4. The van der Waals surface area contributed by atoms with Crippen molar-refractivity contribution in [2.24, 2.45) is 5.41 Å². The van der Waals surface area contributed by atoms with E-state index in [1.54, 1.807) is 13.0 Å². The highest BCUT2D eigenvalue weighted by Gasteiger charge is 2.35. The van der Waals surface area contributed by atoms with Gasteiger partial charge in [0.25, 0.3) is 0 Å². The summed E-state index contributed by atoms with van der Waals surface area (Å²) in [5.41, 5.74) is 2.59. The molecule has 0 spiro atoms. The fourth-order valence-corrected chi connectivity index (χ4v) is 4.09. The van der Waals surface area contributed by atoms with Gasteiger partial charge >= 0.3 is 11.8 Å². The largest absolute Gasteiger partial charge is 0.361 e. The van der Waals surface area contributed by atoms with Crippen molar-refractivity contribution in [1.29, 1.82) is 0 Å². The lowest BCUT2D eigenvalue weighted by atomic mass is 9.84. The van der Waals surface area contributed by atoms with Crippen molar-refractivity contribution < 1.29 is 14.4 Å². The van der Waals surface area contributed by atoms with E-state index in [-0.39, 0.29) is 17.4 Å². The summed E-state index contributed by atoms with van der Waals surface area (Å²) in [6.45, 7) is 8.26. The predicted molar refractivity (Wildman–Crippen MR) is 129 cm³/mol. The molecule has 2 unspecified atom stereocenters. The van der Waals surface area contributed by atoms with Crippen molar-refractivity contribution >= 4 is 34.4 Å². The smallest absolute Gasteiger partial charge is 0.314 e. The lowest BCUT2D eigenvalue weighted by Crippen LogP contribution is -2.57. The summed E-state index contributed by atoms with van der Waals surface area (Å²) in [7, 11) is 0. The summed E-state index contributed by atoms with van der Waals surface area (Å²) < 4.78 is 1.49. The minimum absolute atomic E-state index is 0.0767. The topological polar surface area (TPSA) is 133 Å². The van der Waals surface area contributed by atoms with Crippen molar-refractivity contribution in [3.8, 4) is 0 Å². The maximum Gasteiger partial charge on any atom is 0.314 e. The van der Waals surface area contributed by atoms with Crippen molar-refractivity contribution in [2.75, 3.05) is 11.9 Å². The molecular weight excluding hydrogens is 434 g/mol. The van der Waals surface area contributed by atoms with Crippen LogP contribution in [-0.4, -0.2) is 45.1 Å². The number of H-pyrrole nitrogens is 1. The molecule has 0 bridgehead atoms. The van der Waals surface area contributed by atoms with E-state index in [0.717, 1.165) is 16.5 Å². The zero-order valence-corrected chi connectivity index (χ0v) is 19.9. The molecule has 0 radical (unpaired) electrons. The van der Waals surface area contributed by atoms with Crippen LogP contribution < -0.4 is 21.3 Å². The molecule has 2 aromatic heterocycles. The number of carbonyl (C=O) groups excluding carboxylic acids is 3. The molecule has 1 aliphatic heterocycles. The molecule has 2 atom stereocenters. The van der Waals surface area contributed by atoms with Crippen molar-refractivity contribution in [3.63, 3.8) is 0 Å². The molecule has 1 aromatic carbocycles. The highest BCUT2D eigenvalue weighted by atomic mass is 16.2. The summed E-state index contributed by atoms with van der Waals surface area (Å²) in [5, 5.41) is 17.0. The highest BCUT2D eigenvalue weighted by molar-refractivity contribution is 6.39. The molecule has 1 fully saturated rings. The van der Waals surface area contributed by atoms with Gasteiger partial charge in [0.1, 0.15) is 5.82 Å². The molecule has 1 saturated heterocycles. The lowest BCUT2D eigenvalue weighted by Gasteiger charge is -2.39. The maximum absolute atomic E-state index is 12.6. The molecule has 34 heavy (non-hydrogen) atoms. The highest BCUT2D eigenvalue weighted by Crippen LogP contribution is 2.27. The molecule has 4 rings (SSSR count). The van der Waals surface area contributed by atoms with Gasteiger partial charge in [0.2, 0.25) is 5.91 Å². The Morgan fingerprint density at radius 2 is 1.97 bits per heavy atom. The van der Waals surface area contributed by atoms with Gasteiger partial charge in [0, 0.05) is 42.2 Å². The Kier molecular flexibility index (Phi) is 6.43. The van der Waals surface area contributed by atoms with Crippen LogP contribution in [0.5, 0.6) is 0 Å². The lowest BCUT2D eigenvalue weighted by molar-refractivity contribution is -0.136. The van der Waals surface area contributed by atoms with Crippen LogP contribution in [0.4, 0.5) is 5.82 Å². The third-order valence-electron chi connectivity index (χ3n) is 6.00. The number of anilines is 1. The minimum Gasteiger partial charge on any atom is -0.361 e. The van der Waals surface area contributed by atoms with E-state index < -0.39 is 18.1 Å². The molecule has 3 heterocycles. The van der Waals surface area contributed by atoms with Crippen LogP contribution in [0.2, 0.25) is 0 Å². The molecule has 10 heteroatoms. The van der Waals surface area contributed by atoms with Gasteiger partial charge in [-0.1, -0.05) is 39.0 Å². The number of amides is 3. The van der Waals surface area contributed by atoms with E-state index >= 15 is 0 Å². The average Bonchev–Trinajstić information content (AvgIpc) is 3.35. The first-order chi connectivity index (χ1) is 16.1. The molecule has 5 N–H and O–H groups in total. The molecule has 180 valence electrons. The number of aryl methyl sites for hydroxylation is 1. The Labute approximate surface area is 197 Å². The third-order valence-corrected chi connectivity index (χ3v) is 6.00. The molecule has 3 aromatic rings. The van der Waals surface area contributed by atoms with Gasteiger partial charge in [-0.25, -0.2) is 4.68 Å². The molecular formula is C24H31N7O3. The van der Waals surface area contributed by atoms with Crippen LogP contribution in [0, 0.1) is 12.3 Å². The zero-order valence-electron chi connectivity index (χ0n) is 19.9. The fourth-order valence-electron chi connectivity index (χ4n) is 4.09. The van der Waals surface area contributed by atoms with E-state index in [9.17, 15) is 14.4 Å². The van der Waals surface area contributed by atoms with Gasteiger partial charge in [-0.05, 0) is 30.4 Å². The van der Waals surface area contributed by atoms with Crippen LogP contribution >= 0.6 is 0 Å². The van der Waals surface area contributed by atoms with E-state index in [0.29, 0.717) is 30.9 Å². The molecule has 10 nitrogen and oxygen atoms in total. The maximum atomic E-state index is 12.6. The van der Waals surface area contributed by atoms with Gasteiger partial charge in [-0.2, -0.15) is 5.10 Å². The summed E-state index contributed by atoms with van der Waals surface area (Å²) in [6, 6.07) is 9.51. The summed E-state index contributed by atoms with van der Waals surface area (Å²) in [6.07, 6.45) is 2.21. The monoisotopic (exact) mass is 465 g/mol. The second-order valence-electron chi connectivity index (χ2n) is 9.69. The van der Waals surface area contributed by atoms with Gasteiger partial charge in [-0.15, -0.1) is 0 Å². The number of benzene rings is 1. The van der Waals surface area contributed by atoms with Crippen LogP contribution in [-0.2, 0) is 20.8 Å². The zero-order chi connectivity index (χ0) is 24.5. The predicted octanol–water partition coefficient (Wildman–Crippen LogP) is 1.95. The van der Waals surface area contributed by atoms with Crippen molar-refractivity contribution in [1.82, 2.24) is 30.7 Å². The van der Waals surface area contributed by atoms with Crippen LogP contribution in [0.15, 0.2) is 36.5 Å². The number of para-hydroxylation sites is 1. The first kappa shape index (κ1) is 23.5. The van der Waals surface area contributed by atoms with Crippen molar-refractivity contribution in [3.05, 3.63) is 47.8 Å². The quantitative estimate of drug-likeness (QED) is 0.367. The second kappa shape index (κ2) is 9.30. The number of fused-ring (bicyclic) bond motifs is 1. The number of hydrogen-bond donors (Lipinski definition) is 5. The Bertz CT molecular complexity index is 1220. The fraction of sp³-hybridized carbons (Fsp3) is 0.417. The first-order valence-corrected chi connectivity index (χ1v) is 11.4. The van der Waals surface area contributed by atoms with E-state index in [2.05, 4.69) is 52.1 Å². The summed E-state index contributed by atoms with van der Waals surface area (Å²) in [4.78, 5) is 40.5. The Balaban J connectivity index is 1.38. The number of aromatic nitrogens is 3. The Morgan fingerprint density at radius 3 is 2.74 bits per heavy atom. The van der Waals surface area contributed by atoms with Gasteiger partial charge in [0.05, 0.1) is 5.69 Å². The summed E-state index contributed by atoms with van der Waals surface area (Å²) >= 11 is 0. The standard InChI is InChI=1S/C24H31N7O3/c1-14-11-19(31(30-14)23-27-18(24(2,3)4)12-20(32)29-23)28-22(34)21(33)25-10-9-15-13-26-17-8-6-5-7-16(15)17/h5-8,11,13,18,23,26-27H,9-10,12H2,1-4H3,(H,25,33)(H,28,34)(H,29,32). The van der Waals surface area contributed by atoms with Crippen molar-refractivity contribution in [2.45, 2.75) is 52.9 Å². The number of carbonyl (C=O) groups is 3. The van der Waals surface area contributed by atoms with Crippen LogP contribution in [0.3, 0.4) is 0 Å². The SMILES string of the molecule is Cc1cc(NC(=O)C(=O)NCCc2c[nH]c3ccccc23)n(C2NC(=O)CC(C(C)(C)C)N2)n1. The summed E-state index contributed by atoms with van der Waals surface area (Å²) in [5.74, 6) is -1.32. The van der Waals surface area contributed by atoms with E-state index in [1.165, 1.54) is 4.68 Å². The normalized spacial score (nSPS) is 18.5. The molecule has 0 saturated carbocycles. The molecule has 3 amide bonds. The number of rotatable bonds is 5. The average molecular weight is 466 g/mol. The van der Waals surface area contributed by atoms with Gasteiger partial charge in [-0.3, -0.25) is 19.7 Å². The van der Waals surface area contributed by atoms with Crippen LogP contribution in [0.1, 0.15) is 44.7 Å².